The van der Waals surface area contributed by atoms with Gasteiger partial charge in [0.05, 0.1) is 24.1 Å². The summed E-state index contributed by atoms with van der Waals surface area (Å²) in [6, 6.07) is 17.4. The topological polar surface area (TPSA) is 93.7 Å². The average molecular weight is 389 g/mol. The minimum absolute atomic E-state index is 0.250. The third-order valence-electron chi connectivity index (χ3n) is 5.34. The summed E-state index contributed by atoms with van der Waals surface area (Å²) in [4.78, 5) is 32.7. The molecule has 1 aromatic heterocycles. The molecule has 0 aliphatic carbocycles. The van der Waals surface area contributed by atoms with Crippen molar-refractivity contribution in [2.24, 2.45) is 5.73 Å². The Hall–Kier alpha value is -3.65. The summed E-state index contributed by atoms with van der Waals surface area (Å²) >= 11 is 0. The number of hydrogen-bond acceptors (Lipinski definition) is 4. The Balaban J connectivity index is 1.53. The number of hydroxylamine groups is 2. The lowest BCUT2D eigenvalue weighted by molar-refractivity contribution is -0.141. The number of primary amides is 1. The van der Waals surface area contributed by atoms with Crippen LogP contribution in [0.4, 0.5) is 4.79 Å². The first kappa shape index (κ1) is 17.4. The number of nitrogens with two attached hydrogens (primary N) is 1. The Kier molecular flexibility index (Phi) is 4.06. The predicted octanol–water partition coefficient (Wildman–Crippen LogP) is 2.32. The first-order valence-electron chi connectivity index (χ1n) is 9.34. The summed E-state index contributed by atoms with van der Waals surface area (Å²) in [5, 5.41) is 5.82. The molecule has 3 heterocycles. The van der Waals surface area contributed by atoms with Crippen LogP contribution in [-0.2, 0) is 16.2 Å². The van der Waals surface area contributed by atoms with E-state index in [1.807, 2.05) is 60.7 Å². The number of carbonyl (C=O) groups is 2. The molecule has 3 amide bonds. The molecule has 2 N–H and O–H groups in total. The van der Waals surface area contributed by atoms with Crippen molar-refractivity contribution in [2.45, 2.75) is 18.7 Å². The smallest absolute Gasteiger partial charge is 0.345 e. The van der Waals surface area contributed by atoms with Crippen molar-refractivity contribution in [3.05, 3.63) is 83.7 Å². The second-order valence-corrected chi connectivity index (χ2v) is 7.07. The van der Waals surface area contributed by atoms with Crippen LogP contribution in [0.5, 0.6) is 0 Å². The van der Waals surface area contributed by atoms with Gasteiger partial charge >= 0.3 is 6.03 Å². The number of amides is 3. The van der Waals surface area contributed by atoms with Crippen LogP contribution >= 0.6 is 0 Å². The quantitative estimate of drug-likeness (QED) is 0.725. The van der Waals surface area contributed by atoms with Crippen LogP contribution in [-0.4, -0.2) is 38.2 Å². The standard InChI is InChI=1S/C21H19N5O3/c22-20(27)19-18-16(11-23-25(18)15-9-5-2-6-10-15)17-12-24(19)21(28)26(17)29-13-14-7-3-1-4-8-14/h1-11,17,19H,12-13H2,(H2,22,27)/t17-,19+/m1/s1. The second kappa shape index (κ2) is 6.75. The van der Waals surface area contributed by atoms with Gasteiger partial charge < -0.3 is 10.6 Å². The summed E-state index contributed by atoms with van der Waals surface area (Å²) in [5.74, 6) is -0.597. The Labute approximate surface area is 167 Å². The molecule has 2 bridgehead atoms. The van der Waals surface area contributed by atoms with Crippen LogP contribution in [0.2, 0.25) is 0 Å². The number of rotatable bonds is 5. The van der Waals surface area contributed by atoms with E-state index in [-0.39, 0.29) is 18.7 Å². The lowest BCUT2D eigenvalue weighted by atomic mass is 9.97. The molecule has 8 nitrogen and oxygen atoms in total. The SMILES string of the molecule is NC(=O)[C@@H]1c2c(cnn2-c2ccccc2)[C@H]2CN1C(=O)N2OCc1ccccc1. The Morgan fingerprint density at radius 1 is 1.10 bits per heavy atom. The highest BCUT2D eigenvalue weighted by molar-refractivity contribution is 5.89. The van der Waals surface area contributed by atoms with Crippen LogP contribution in [0.3, 0.4) is 0 Å². The van der Waals surface area contributed by atoms with E-state index in [1.165, 1.54) is 9.96 Å². The van der Waals surface area contributed by atoms with Gasteiger partial charge in [-0.25, -0.2) is 9.48 Å². The first-order chi connectivity index (χ1) is 14.1. The van der Waals surface area contributed by atoms with E-state index in [4.69, 9.17) is 10.6 Å². The third-order valence-corrected chi connectivity index (χ3v) is 5.34. The molecule has 2 aromatic carbocycles. The van der Waals surface area contributed by atoms with Crippen molar-refractivity contribution >= 4 is 11.9 Å². The number of hydrogen-bond donors (Lipinski definition) is 1. The predicted molar refractivity (Wildman–Crippen MR) is 103 cm³/mol. The molecule has 1 fully saturated rings. The van der Waals surface area contributed by atoms with E-state index >= 15 is 0 Å². The fraction of sp³-hybridized carbons (Fsp3) is 0.190. The molecule has 2 aliphatic heterocycles. The highest BCUT2D eigenvalue weighted by atomic mass is 16.7. The molecule has 5 rings (SSSR count). The molecule has 0 spiro atoms. The normalized spacial score (nSPS) is 20.1. The van der Waals surface area contributed by atoms with Gasteiger partial charge in [0.25, 0.3) is 0 Å². The van der Waals surface area contributed by atoms with Crippen LogP contribution in [0.1, 0.15) is 28.9 Å². The zero-order valence-electron chi connectivity index (χ0n) is 15.5. The van der Waals surface area contributed by atoms with Gasteiger partial charge in [0.15, 0.2) is 6.04 Å². The number of urea groups is 1. The molecule has 0 saturated carbocycles. The highest BCUT2D eigenvalue weighted by Gasteiger charge is 2.52. The zero-order valence-corrected chi connectivity index (χ0v) is 15.5. The van der Waals surface area contributed by atoms with Crippen LogP contribution in [0.25, 0.3) is 5.69 Å². The minimum atomic E-state index is -0.901. The van der Waals surface area contributed by atoms with Crippen molar-refractivity contribution in [2.75, 3.05) is 6.54 Å². The number of benzene rings is 2. The van der Waals surface area contributed by atoms with Gasteiger partial charge in [0, 0.05) is 5.56 Å². The van der Waals surface area contributed by atoms with Gasteiger partial charge in [-0.2, -0.15) is 10.2 Å². The van der Waals surface area contributed by atoms with Gasteiger partial charge in [0.2, 0.25) is 5.91 Å². The lowest BCUT2D eigenvalue weighted by Gasteiger charge is -2.29. The minimum Gasteiger partial charge on any atom is -0.368 e. The Morgan fingerprint density at radius 3 is 2.48 bits per heavy atom. The average Bonchev–Trinajstić information content (AvgIpc) is 3.29. The van der Waals surface area contributed by atoms with Crippen LogP contribution in [0, 0.1) is 0 Å². The van der Waals surface area contributed by atoms with E-state index in [0.717, 1.165) is 16.8 Å². The van der Waals surface area contributed by atoms with Crippen molar-refractivity contribution in [3.63, 3.8) is 0 Å². The number of para-hydroxylation sites is 1. The molecule has 29 heavy (non-hydrogen) atoms. The fourth-order valence-electron chi connectivity index (χ4n) is 4.01. The molecule has 8 heteroatoms. The van der Waals surface area contributed by atoms with Crippen molar-refractivity contribution in [1.82, 2.24) is 19.7 Å². The first-order valence-corrected chi connectivity index (χ1v) is 9.34. The molecule has 0 radical (unpaired) electrons. The molecule has 1 saturated heterocycles. The van der Waals surface area contributed by atoms with Gasteiger partial charge in [-0.1, -0.05) is 48.5 Å². The highest BCUT2D eigenvalue weighted by Crippen LogP contribution is 2.44. The van der Waals surface area contributed by atoms with Crippen LogP contribution in [0.15, 0.2) is 66.9 Å². The molecule has 0 unspecified atom stereocenters. The lowest BCUT2D eigenvalue weighted by Crippen LogP contribution is -2.42. The van der Waals surface area contributed by atoms with E-state index in [2.05, 4.69) is 5.10 Å². The van der Waals surface area contributed by atoms with Gasteiger partial charge in [0.1, 0.15) is 12.6 Å². The zero-order chi connectivity index (χ0) is 20.0. The maximum atomic E-state index is 13.0. The number of fused-ring (bicyclic) bond motifs is 4. The summed E-state index contributed by atoms with van der Waals surface area (Å²) in [6.07, 6.45) is 1.69. The second-order valence-electron chi connectivity index (χ2n) is 7.07. The maximum absolute atomic E-state index is 13.0. The van der Waals surface area contributed by atoms with Gasteiger partial charge in [-0.05, 0) is 17.7 Å². The molecule has 146 valence electrons. The number of aromatic nitrogens is 2. The number of nitrogens with zero attached hydrogens (tertiary/aromatic N) is 4. The molecular formula is C21H19N5O3. The maximum Gasteiger partial charge on any atom is 0.345 e. The van der Waals surface area contributed by atoms with Crippen molar-refractivity contribution < 1.29 is 14.4 Å². The van der Waals surface area contributed by atoms with Gasteiger partial charge in [-0.3, -0.25) is 9.63 Å². The molecule has 2 aliphatic rings. The van der Waals surface area contributed by atoms with E-state index < -0.39 is 11.9 Å². The Morgan fingerprint density at radius 2 is 1.79 bits per heavy atom. The van der Waals surface area contributed by atoms with E-state index in [1.54, 1.807) is 10.9 Å². The third kappa shape index (κ3) is 2.76. The molecular weight excluding hydrogens is 370 g/mol. The fourth-order valence-corrected chi connectivity index (χ4v) is 4.01. The van der Waals surface area contributed by atoms with Crippen LogP contribution < -0.4 is 5.73 Å². The van der Waals surface area contributed by atoms with E-state index in [9.17, 15) is 9.59 Å². The summed E-state index contributed by atoms with van der Waals surface area (Å²) in [6.45, 7) is 0.578. The molecule has 2 atom stereocenters. The monoisotopic (exact) mass is 389 g/mol. The summed E-state index contributed by atoms with van der Waals surface area (Å²) < 4.78 is 1.68. The molecule has 3 aromatic rings. The summed E-state index contributed by atoms with van der Waals surface area (Å²) in [7, 11) is 0. The largest absolute Gasteiger partial charge is 0.368 e. The van der Waals surface area contributed by atoms with Crippen molar-refractivity contribution in [3.8, 4) is 5.69 Å². The summed E-state index contributed by atoms with van der Waals surface area (Å²) in [5.41, 5.74) is 8.84. The van der Waals surface area contributed by atoms with Gasteiger partial charge in [-0.15, -0.1) is 0 Å². The number of carbonyl (C=O) groups excluding carboxylic acids is 2. The Bertz CT molecular complexity index is 1070. The van der Waals surface area contributed by atoms with Crippen molar-refractivity contribution in [1.29, 1.82) is 0 Å². The van der Waals surface area contributed by atoms with E-state index in [0.29, 0.717) is 12.2 Å².